The van der Waals surface area contributed by atoms with E-state index < -0.39 is 10.0 Å². The summed E-state index contributed by atoms with van der Waals surface area (Å²) in [6.07, 6.45) is 1.55. The number of nitrogens with two attached hydrogens (primary N) is 1. The van der Waals surface area contributed by atoms with E-state index in [4.69, 9.17) is 5.73 Å². The van der Waals surface area contributed by atoms with Gasteiger partial charge in [0.2, 0.25) is 0 Å². The minimum atomic E-state index is -3.70. The number of sulfonamides is 1. The quantitative estimate of drug-likeness (QED) is 0.821. The summed E-state index contributed by atoms with van der Waals surface area (Å²) in [5.41, 5.74) is 6.10. The minimum Gasteiger partial charge on any atom is -0.399 e. The van der Waals surface area contributed by atoms with Gasteiger partial charge in [-0.1, -0.05) is 0 Å². The fourth-order valence-electron chi connectivity index (χ4n) is 1.73. The molecule has 0 radical (unpaired) electrons. The molecule has 0 aliphatic carbocycles. The molecule has 0 atom stereocenters. The third kappa shape index (κ3) is 2.96. The first-order valence-corrected chi connectivity index (χ1v) is 8.20. The molecule has 1 heterocycles. The Morgan fingerprint density at radius 2 is 2.05 bits per heavy atom. The van der Waals surface area contributed by atoms with Gasteiger partial charge in [0.1, 0.15) is 10.7 Å². The highest BCUT2D eigenvalue weighted by Gasteiger charge is 2.20. The summed E-state index contributed by atoms with van der Waals surface area (Å²) in [7, 11) is -3.70. The van der Waals surface area contributed by atoms with Gasteiger partial charge in [0.25, 0.3) is 10.0 Å². The monoisotopic (exact) mass is 358 g/mol. The lowest BCUT2D eigenvalue weighted by Gasteiger charge is -2.13. The van der Waals surface area contributed by atoms with Crippen LogP contribution in [0.1, 0.15) is 19.9 Å². The normalized spacial score (nSPS) is 11.8. The molecule has 2 rings (SSSR count). The molecule has 2 aromatic rings. The highest BCUT2D eigenvalue weighted by Crippen LogP contribution is 2.26. The van der Waals surface area contributed by atoms with Gasteiger partial charge in [0.15, 0.2) is 0 Å². The van der Waals surface area contributed by atoms with Crippen LogP contribution in [0.25, 0.3) is 0 Å². The number of halogens is 1. The van der Waals surface area contributed by atoms with Crippen molar-refractivity contribution in [1.82, 2.24) is 9.78 Å². The Bertz CT molecular complexity index is 725. The van der Waals surface area contributed by atoms with Gasteiger partial charge < -0.3 is 5.73 Å². The Hall–Kier alpha value is -1.54. The topological polar surface area (TPSA) is 90.0 Å². The summed E-state index contributed by atoms with van der Waals surface area (Å²) < 4.78 is 29.3. The second-order valence-corrected chi connectivity index (χ2v) is 7.06. The molecule has 0 unspecified atom stereocenters. The molecule has 0 spiro atoms. The zero-order chi connectivity index (χ0) is 14.9. The standard InChI is InChI=1S/C12H15BrN4O2S/c1-8(2)17-12(5-6-15-17)16-20(18,19)11-4-3-9(14)7-10(11)13/h3-8,16H,14H2,1-2H3. The van der Waals surface area contributed by atoms with E-state index in [2.05, 4.69) is 25.8 Å². The molecule has 0 saturated heterocycles. The van der Waals surface area contributed by atoms with Gasteiger partial charge in [0, 0.05) is 22.3 Å². The lowest BCUT2D eigenvalue weighted by atomic mass is 10.3. The first-order valence-electron chi connectivity index (χ1n) is 5.92. The Morgan fingerprint density at radius 1 is 1.35 bits per heavy atom. The van der Waals surface area contributed by atoms with Gasteiger partial charge >= 0.3 is 0 Å². The zero-order valence-electron chi connectivity index (χ0n) is 11.0. The maximum atomic E-state index is 12.4. The van der Waals surface area contributed by atoms with Crippen molar-refractivity contribution >= 4 is 37.5 Å². The fourth-order valence-corrected chi connectivity index (χ4v) is 3.88. The third-order valence-corrected chi connectivity index (χ3v) is 4.98. The predicted octanol–water partition coefficient (Wildman–Crippen LogP) is 2.61. The van der Waals surface area contributed by atoms with Crippen LogP contribution in [0.3, 0.4) is 0 Å². The Balaban J connectivity index is 2.38. The van der Waals surface area contributed by atoms with E-state index in [1.807, 2.05) is 13.8 Å². The van der Waals surface area contributed by atoms with Crippen LogP contribution in [0.4, 0.5) is 11.5 Å². The molecule has 0 fully saturated rings. The summed E-state index contributed by atoms with van der Waals surface area (Å²) in [5, 5.41) is 4.09. The fraction of sp³-hybridized carbons (Fsp3) is 0.250. The van der Waals surface area contributed by atoms with Crippen LogP contribution in [-0.2, 0) is 10.0 Å². The van der Waals surface area contributed by atoms with Crippen molar-refractivity contribution in [2.75, 3.05) is 10.5 Å². The van der Waals surface area contributed by atoms with Crippen LogP contribution in [-0.4, -0.2) is 18.2 Å². The number of rotatable bonds is 4. The van der Waals surface area contributed by atoms with Crippen LogP contribution in [0.15, 0.2) is 39.8 Å². The average Bonchev–Trinajstić information content (AvgIpc) is 2.75. The summed E-state index contributed by atoms with van der Waals surface area (Å²) in [4.78, 5) is 0.128. The minimum absolute atomic E-state index is 0.0533. The number of hydrogen-bond donors (Lipinski definition) is 2. The average molecular weight is 359 g/mol. The van der Waals surface area contributed by atoms with Crippen LogP contribution in [0, 0.1) is 0 Å². The van der Waals surface area contributed by atoms with Gasteiger partial charge in [-0.2, -0.15) is 5.10 Å². The molecule has 1 aromatic carbocycles. The van der Waals surface area contributed by atoms with Crippen LogP contribution in [0.5, 0.6) is 0 Å². The van der Waals surface area contributed by atoms with Crippen molar-refractivity contribution in [3.05, 3.63) is 34.9 Å². The Labute approximate surface area is 126 Å². The van der Waals surface area contributed by atoms with E-state index in [-0.39, 0.29) is 10.9 Å². The van der Waals surface area contributed by atoms with Crippen molar-refractivity contribution in [3.63, 3.8) is 0 Å². The van der Waals surface area contributed by atoms with E-state index in [9.17, 15) is 8.42 Å². The molecule has 0 aliphatic rings. The maximum Gasteiger partial charge on any atom is 0.264 e. The van der Waals surface area contributed by atoms with Crippen molar-refractivity contribution in [1.29, 1.82) is 0 Å². The summed E-state index contributed by atoms with van der Waals surface area (Å²) >= 11 is 3.21. The third-order valence-electron chi connectivity index (χ3n) is 2.64. The van der Waals surface area contributed by atoms with Gasteiger partial charge in [-0.05, 0) is 48.0 Å². The molecule has 6 nitrogen and oxygen atoms in total. The predicted molar refractivity (Wildman–Crippen MR) is 82.0 cm³/mol. The van der Waals surface area contributed by atoms with Crippen LogP contribution >= 0.6 is 15.9 Å². The van der Waals surface area contributed by atoms with E-state index in [1.165, 1.54) is 6.07 Å². The van der Waals surface area contributed by atoms with Gasteiger partial charge in [-0.3, -0.25) is 4.72 Å². The molecule has 108 valence electrons. The second kappa shape index (κ2) is 5.45. The number of hydrogen-bond acceptors (Lipinski definition) is 4. The van der Waals surface area contributed by atoms with Crippen molar-refractivity contribution < 1.29 is 8.42 Å². The first kappa shape index (κ1) is 14.9. The van der Waals surface area contributed by atoms with Gasteiger partial charge in [0.05, 0.1) is 6.20 Å². The van der Waals surface area contributed by atoms with Crippen LogP contribution < -0.4 is 10.5 Å². The van der Waals surface area contributed by atoms with Crippen molar-refractivity contribution in [2.24, 2.45) is 0 Å². The van der Waals surface area contributed by atoms with Crippen LogP contribution in [0.2, 0.25) is 0 Å². The SMILES string of the molecule is CC(C)n1nccc1NS(=O)(=O)c1ccc(N)cc1Br. The van der Waals surface area contributed by atoms with E-state index in [1.54, 1.807) is 29.1 Å². The number of anilines is 2. The Kier molecular flexibility index (Phi) is 4.05. The molecule has 0 bridgehead atoms. The van der Waals surface area contributed by atoms with Gasteiger partial charge in [-0.25, -0.2) is 13.1 Å². The number of benzene rings is 1. The summed E-state index contributed by atoms with van der Waals surface area (Å²) in [6, 6.07) is 6.21. The van der Waals surface area contributed by atoms with E-state index >= 15 is 0 Å². The number of aromatic nitrogens is 2. The molecule has 0 amide bonds. The lowest BCUT2D eigenvalue weighted by molar-refractivity contribution is 0.539. The van der Waals surface area contributed by atoms with Gasteiger partial charge in [-0.15, -0.1) is 0 Å². The molecule has 3 N–H and O–H groups in total. The van der Waals surface area contributed by atoms with E-state index in [0.717, 1.165) is 0 Å². The maximum absolute atomic E-state index is 12.4. The number of nitrogen functional groups attached to an aromatic ring is 1. The van der Waals surface area contributed by atoms with Crippen molar-refractivity contribution in [2.45, 2.75) is 24.8 Å². The lowest BCUT2D eigenvalue weighted by Crippen LogP contribution is -2.17. The number of nitrogens with one attached hydrogen (secondary N) is 1. The largest absolute Gasteiger partial charge is 0.399 e. The molecule has 8 heteroatoms. The number of nitrogens with zero attached hydrogens (tertiary/aromatic N) is 2. The zero-order valence-corrected chi connectivity index (χ0v) is 13.4. The summed E-state index contributed by atoms with van der Waals surface area (Å²) in [5.74, 6) is 0.420. The highest BCUT2D eigenvalue weighted by atomic mass is 79.9. The Morgan fingerprint density at radius 3 is 2.65 bits per heavy atom. The first-order chi connectivity index (χ1) is 9.31. The molecular formula is C12H15BrN4O2S. The van der Waals surface area contributed by atoms with E-state index in [0.29, 0.717) is 16.0 Å². The molecule has 1 aromatic heterocycles. The molecule has 0 saturated carbocycles. The molecule has 0 aliphatic heterocycles. The second-order valence-electron chi connectivity index (χ2n) is 4.55. The van der Waals surface area contributed by atoms with Crippen molar-refractivity contribution in [3.8, 4) is 0 Å². The smallest absolute Gasteiger partial charge is 0.264 e. The molecule has 20 heavy (non-hydrogen) atoms. The summed E-state index contributed by atoms with van der Waals surface area (Å²) in [6.45, 7) is 3.84. The highest BCUT2D eigenvalue weighted by molar-refractivity contribution is 9.10. The molecular weight excluding hydrogens is 344 g/mol.